The Kier molecular flexibility index (Phi) is 7.71. The maximum atomic E-state index is 12.5. The Morgan fingerprint density at radius 3 is 2.29 bits per heavy atom. The minimum absolute atomic E-state index is 0.0821. The van der Waals surface area contributed by atoms with Crippen LogP contribution >= 0.6 is 0 Å². The molecule has 1 aliphatic heterocycles. The van der Waals surface area contributed by atoms with Crippen LogP contribution in [0.3, 0.4) is 0 Å². The molecule has 2 fully saturated rings. The van der Waals surface area contributed by atoms with Crippen molar-refractivity contribution in [3.8, 4) is 0 Å². The summed E-state index contributed by atoms with van der Waals surface area (Å²) in [6.07, 6.45) is 6.89. The number of aliphatic imine (C=N–C) groups is 1. The molecule has 1 heterocycles. The zero-order valence-electron chi connectivity index (χ0n) is 23.0. The molecular weight excluding hydrogens is 474 g/mol. The Labute approximate surface area is 226 Å². The molecule has 38 heavy (non-hydrogen) atoms. The van der Waals surface area contributed by atoms with E-state index in [1.54, 1.807) is 0 Å². The smallest absolute Gasteiger partial charge is 0.305 e. The minimum Gasteiger partial charge on any atom is -0.481 e. The van der Waals surface area contributed by atoms with E-state index in [0.29, 0.717) is 17.4 Å². The summed E-state index contributed by atoms with van der Waals surface area (Å²) in [5.74, 6) is 0.840. The Morgan fingerprint density at radius 2 is 1.71 bits per heavy atom. The Bertz CT molecular complexity index is 1170. The van der Waals surface area contributed by atoms with Crippen molar-refractivity contribution in [2.45, 2.75) is 83.3 Å². The first kappa shape index (κ1) is 26.6. The molecule has 3 aliphatic rings. The number of hydrogen-bond donors (Lipinski definition) is 2. The second kappa shape index (κ2) is 11.0. The van der Waals surface area contributed by atoms with Crippen LogP contribution in [0.5, 0.6) is 0 Å². The largest absolute Gasteiger partial charge is 0.481 e. The van der Waals surface area contributed by atoms with Gasteiger partial charge in [-0.15, -0.1) is 0 Å². The van der Waals surface area contributed by atoms with E-state index in [1.807, 2.05) is 12.1 Å². The number of rotatable bonds is 9. The van der Waals surface area contributed by atoms with Gasteiger partial charge in [-0.2, -0.15) is 0 Å². The Morgan fingerprint density at radius 1 is 1.05 bits per heavy atom. The zero-order valence-corrected chi connectivity index (χ0v) is 23.0. The van der Waals surface area contributed by atoms with Gasteiger partial charge in [0.1, 0.15) is 5.66 Å². The van der Waals surface area contributed by atoms with Crippen molar-refractivity contribution >= 4 is 17.6 Å². The van der Waals surface area contributed by atoms with Crippen LogP contribution in [0.4, 0.5) is 0 Å². The van der Waals surface area contributed by atoms with Gasteiger partial charge in [-0.3, -0.25) is 19.5 Å². The number of amides is 1. The first-order valence-corrected chi connectivity index (χ1v) is 14.3. The quantitative estimate of drug-likeness (QED) is 0.418. The second-order valence-electron chi connectivity index (χ2n) is 11.9. The SMILES string of the molecule is CCC(c1ccc(C(=O)NCCC(=O)O)cc1)N1CC(c2ccc(C3CC3)cc2)=NC12CC(C)CC(C)C2. The number of carbonyl (C=O) groups is 2. The van der Waals surface area contributed by atoms with E-state index in [1.165, 1.54) is 41.7 Å². The van der Waals surface area contributed by atoms with Gasteiger partial charge < -0.3 is 10.4 Å². The van der Waals surface area contributed by atoms with Crippen molar-refractivity contribution in [2.24, 2.45) is 16.8 Å². The average Bonchev–Trinajstić information content (AvgIpc) is 3.68. The lowest BCUT2D eigenvalue weighted by molar-refractivity contribution is -0.136. The monoisotopic (exact) mass is 515 g/mol. The number of carboxylic acid groups (broad SMARTS) is 1. The van der Waals surface area contributed by atoms with E-state index >= 15 is 0 Å². The molecule has 6 nitrogen and oxygen atoms in total. The van der Waals surface area contributed by atoms with Crippen LogP contribution in [0, 0.1) is 11.8 Å². The molecule has 1 spiro atoms. The van der Waals surface area contributed by atoms with Crippen LogP contribution in [0.15, 0.2) is 53.5 Å². The number of carboxylic acids is 1. The lowest BCUT2D eigenvalue weighted by atomic mass is 9.75. The first-order valence-electron chi connectivity index (χ1n) is 14.3. The topological polar surface area (TPSA) is 82.0 Å². The molecule has 0 radical (unpaired) electrons. The van der Waals surface area contributed by atoms with Gasteiger partial charge in [0.25, 0.3) is 5.91 Å². The summed E-state index contributed by atoms with van der Waals surface area (Å²) in [5, 5.41) is 11.5. The number of benzene rings is 2. The number of nitrogens with zero attached hydrogens (tertiary/aromatic N) is 2. The van der Waals surface area contributed by atoms with Crippen molar-refractivity contribution in [1.82, 2.24) is 10.2 Å². The third-order valence-electron chi connectivity index (χ3n) is 8.59. The van der Waals surface area contributed by atoms with Crippen LogP contribution < -0.4 is 5.32 Å². The molecule has 3 atom stereocenters. The maximum absolute atomic E-state index is 12.5. The zero-order chi connectivity index (χ0) is 26.9. The Hall–Kier alpha value is -2.99. The summed E-state index contributed by atoms with van der Waals surface area (Å²) in [6.45, 7) is 7.93. The molecule has 2 aromatic rings. The molecule has 0 saturated heterocycles. The van der Waals surface area contributed by atoms with Gasteiger partial charge in [-0.05, 0) is 85.1 Å². The van der Waals surface area contributed by atoms with Crippen molar-refractivity contribution in [2.75, 3.05) is 13.1 Å². The molecule has 3 unspecified atom stereocenters. The highest BCUT2D eigenvalue weighted by molar-refractivity contribution is 6.03. The van der Waals surface area contributed by atoms with Crippen molar-refractivity contribution < 1.29 is 14.7 Å². The summed E-state index contributed by atoms with van der Waals surface area (Å²) < 4.78 is 0. The van der Waals surface area contributed by atoms with Crippen LogP contribution in [-0.2, 0) is 4.79 Å². The van der Waals surface area contributed by atoms with E-state index in [9.17, 15) is 9.59 Å². The van der Waals surface area contributed by atoms with E-state index in [2.05, 4.69) is 67.4 Å². The summed E-state index contributed by atoms with van der Waals surface area (Å²) in [6, 6.07) is 17.2. The lowest BCUT2D eigenvalue weighted by Gasteiger charge is -2.47. The first-order chi connectivity index (χ1) is 18.3. The van der Waals surface area contributed by atoms with Crippen LogP contribution in [0.2, 0.25) is 0 Å². The van der Waals surface area contributed by atoms with Gasteiger partial charge in [0.15, 0.2) is 0 Å². The normalized spacial score (nSPS) is 26.2. The maximum Gasteiger partial charge on any atom is 0.305 e. The molecule has 0 aromatic heterocycles. The average molecular weight is 516 g/mol. The fraction of sp³-hybridized carbons (Fsp3) is 0.531. The highest BCUT2D eigenvalue weighted by Gasteiger charge is 2.49. The molecule has 2 saturated carbocycles. The van der Waals surface area contributed by atoms with Gasteiger partial charge in [0, 0.05) is 24.7 Å². The lowest BCUT2D eigenvalue weighted by Crippen LogP contribution is -2.50. The third-order valence-corrected chi connectivity index (χ3v) is 8.59. The standard InChI is InChI=1S/C32H41N3O3/c1-4-29(26-11-13-27(14-12-26)31(38)33-16-15-30(36)37)35-20-28(25-9-7-24(8-10-25)23-5-6-23)34-32(35)18-21(2)17-22(3)19-32/h7-14,21-23,29H,4-6,15-20H2,1-3H3,(H,33,38)(H,36,37). The molecular formula is C32H41N3O3. The highest BCUT2D eigenvalue weighted by atomic mass is 16.4. The van der Waals surface area contributed by atoms with Crippen molar-refractivity contribution in [3.05, 3.63) is 70.8 Å². The fourth-order valence-corrected chi connectivity index (χ4v) is 6.84. The molecule has 202 valence electrons. The molecule has 1 amide bonds. The van der Waals surface area contributed by atoms with Crippen LogP contribution in [0.1, 0.15) is 105 Å². The summed E-state index contributed by atoms with van der Waals surface area (Å²) in [4.78, 5) is 31.4. The van der Waals surface area contributed by atoms with Gasteiger partial charge in [-0.25, -0.2) is 0 Å². The van der Waals surface area contributed by atoms with E-state index in [-0.39, 0.29) is 30.6 Å². The predicted octanol–water partition coefficient (Wildman–Crippen LogP) is 6.18. The van der Waals surface area contributed by atoms with Crippen molar-refractivity contribution in [3.63, 3.8) is 0 Å². The van der Waals surface area contributed by atoms with Crippen LogP contribution in [0.25, 0.3) is 0 Å². The van der Waals surface area contributed by atoms with Gasteiger partial charge in [0.2, 0.25) is 0 Å². The third kappa shape index (κ3) is 5.70. The highest BCUT2D eigenvalue weighted by Crippen LogP contribution is 2.48. The van der Waals surface area contributed by atoms with E-state index < -0.39 is 5.97 Å². The van der Waals surface area contributed by atoms with Gasteiger partial charge in [-0.1, -0.05) is 57.2 Å². The number of carbonyl (C=O) groups excluding carboxylic acids is 1. The van der Waals surface area contributed by atoms with Gasteiger partial charge >= 0.3 is 5.97 Å². The number of nitrogens with one attached hydrogen (secondary N) is 1. The van der Waals surface area contributed by atoms with Gasteiger partial charge in [0.05, 0.1) is 12.1 Å². The fourth-order valence-electron chi connectivity index (χ4n) is 6.84. The number of hydrogen-bond acceptors (Lipinski definition) is 4. The summed E-state index contributed by atoms with van der Waals surface area (Å²) in [7, 11) is 0. The minimum atomic E-state index is -0.919. The Balaban J connectivity index is 1.39. The summed E-state index contributed by atoms with van der Waals surface area (Å²) in [5.41, 5.74) is 5.44. The van der Waals surface area contributed by atoms with Crippen molar-refractivity contribution in [1.29, 1.82) is 0 Å². The second-order valence-corrected chi connectivity index (χ2v) is 11.9. The van der Waals surface area contributed by atoms with Crippen LogP contribution in [-0.4, -0.2) is 46.3 Å². The molecule has 2 aliphatic carbocycles. The molecule has 2 N–H and O–H groups in total. The molecule has 5 rings (SSSR count). The summed E-state index contributed by atoms with van der Waals surface area (Å²) >= 11 is 0. The van der Waals surface area contributed by atoms with E-state index in [0.717, 1.165) is 31.7 Å². The predicted molar refractivity (Wildman–Crippen MR) is 151 cm³/mol. The van der Waals surface area contributed by atoms with E-state index in [4.69, 9.17) is 10.1 Å². The number of aliphatic carboxylic acids is 1. The molecule has 6 heteroatoms. The molecule has 0 bridgehead atoms. The molecule has 2 aromatic carbocycles.